The summed E-state index contributed by atoms with van der Waals surface area (Å²) in [5, 5.41) is 9.04. The molecule has 0 unspecified atom stereocenters. The first-order valence-electron chi connectivity index (χ1n) is 17.3. The molecule has 52 heavy (non-hydrogen) atoms. The Morgan fingerprint density at radius 3 is 1.67 bits per heavy atom. The summed E-state index contributed by atoms with van der Waals surface area (Å²) in [6.45, 7) is 0. The lowest BCUT2D eigenvalue weighted by Gasteiger charge is -2.10. The molecule has 0 amide bonds. The molecule has 0 saturated carbocycles. The van der Waals surface area contributed by atoms with Gasteiger partial charge in [0.1, 0.15) is 22.3 Å². The molecule has 0 atom stereocenters. The fourth-order valence-corrected chi connectivity index (χ4v) is 7.55. The quantitative estimate of drug-likeness (QED) is 0.175. The second kappa shape index (κ2) is 11.2. The standard InChI is InChI=1S/C47H27N3O2/c1-2-10-30(11-3-1)45-48-46(32-20-19-29-18-17-28-9-4-5-12-34(28)40(29)25-32)50-47(49-45)33-22-24-38-37-23-21-31(26-42(37)51-43(38)27-33)35-14-8-15-39-36-13-6-7-16-41(36)52-44(35)39/h1-27H. The molecule has 0 spiro atoms. The van der Waals surface area contributed by atoms with E-state index in [1.54, 1.807) is 0 Å². The Morgan fingerprint density at radius 1 is 0.308 bits per heavy atom. The molecule has 3 aromatic heterocycles. The van der Waals surface area contributed by atoms with Gasteiger partial charge in [0.25, 0.3) is 0 Å². The van der Waals surface area contributed by atoms with Crippen LogP contribution in [0.2, 0.25) is 0 Å². The van der Waals surface area contributed by atoms with Crippen molar-refractivity contribution in [3.8, 4) is 45.3 Å². The van der Waals surface area contributed by atoms with E-state index < -0.39 is 0 Å². The molecule has 0 radical (unpaired) electrons. The van der Waals surface area contributed by atoms with E-state index in [4.69, 9.17) is 23.8 Å². The maximum Gasteiger partial charge on any atom is 0.164 e. The van der Waals surface area contributed by atoms with Crippen molar-refractivity contribution in [2.24, 2.45) is 0 Å². The van der Waals surface area contributed by atoms with E-state index in [1.165, 1.54) is 21.5 Å². The highest BCUT2D eigenvalue weighted by Gasteiger charge is 2.17. The van der Waals surface area contributed by atoms with Crippen molar-refractivity contribution < 1.29 is 8.83 Å². The van der Waals surface area contributed by atoms with Gasteiger partial charge in [-0.05, 0) is 63.5 Å². The summed E-state index contributed by atoms with van der Waals surface area (Å²) in [6.07, 6.45) is 0. The molecular weight excluding hydrogens is 639 g/mol. The minimum Gasteiger partial charge on any atom is -0.456 e. The number of fused-ring (bicyclic) bond motifs is 9. The molecule has 0 bridgehead atoms. The third-order valence-electron chi connectivity index (χ3n) is 10.1. The molecule has 0 aliphatic rings. The SMILES string of the molecule is c1ccc(-c2nc(-c3ccc4c(c3)oc3cc(-c5cccc6c5oc5ccccc56)ccc34)nc(-c3ccc4ccc5ccccc5c4c3)n2)cc1. The van der Waals surface area contributed by atoms with Gasteiger partial charge in [-0.3, -0.25) is 0 Å². The van der Waals surface area contributed by atoms with Gasteiger partial charge in [-0.15, -0.1) is 0 Å². The molecule has 0 saturated heterocycles. The molecule has 5 heteroatoms. The lowest BCUT2D eigenvalue weighted by Crippen LogP contribution is -2.00. The minimum atomic E-state index is 0.585. The first kappa shape index (κ1) is 28.7. The number of aromatic nitrogens is 3. The predicted molar refractivity (Wildman–Crippen MR) is 211 cm³/mol. The molecule has 0 aliphatic heterocycles. The van der Waals surface area contributed by atoms with Crippen LogP contribution in [0, 0.1) is 0 Å². The minimum absolute atomic E-state index is 0.585. The summed E-state index contributed by atoms with van der Waals surface area (Å²) in [5.41, 5.74) is 8.12. The zero-order valence-corrected chi connectivity index (χ0v) is 27.7. The van der Waals surface area contributed by atoms with E-state index in [2.05, 4.69) is 109 Å². The van der Waals surface area contributed by atoms with Gasteiger partial charge in [-0.1, -0.05) is 127 Å². The molecule has 0 N–H and O–H groups in total. The summed E-state index contributed by atoms with van der Waals surface area (Å²) in [5.74, 6) is 1.82. The molecule has 8 aromatic carbocycles. The highest BCUT2D eigenvalue weighted by molar-refractivity contribution is 6.12. The summed E-state index contributed by atoms with van der Waals surface area (Å²) < 4.78 is 12.9. The van der Waals surface area contributed by atoms with Crippen molar-refractivity contribution >= 4 is 65.4 Å². The van der Waals surface area contributed by atoms with Gasteiger partial charge in [-0.2, -0.15) is 0 Å². The number of hydrogen-bond acceptors (Lipinski definition) is 5. The summed E-state index contributed by atoms with van der Waals surface area (Å²) >= 11 is 0. The molecule has 11 rings (SSSR count). The third kappa shape index (κ3) is 4.53. The van der Waals surface area contributed by atoms with Crippen molar-refractivity contribution in [3.05, 3.63) is 164 Å². The number of para-hydroxylation sites is 2. The van der Waals surface area contributed by atoms with Crippen molar-refractivity contribution in [1.29, 1.82) is 0 Å². The first-order chi connectivity index (χ1) is 25.7. The van der Waals surface area contributed by atoms with Crippen LogP contribution in [0.3, 0.4) is 0 Å². The van der Waals surface area contributed by atoms with Crippen LogP contribution in [0.25, 0.3) is 111 Å². The molecule has 242 valence electrons. The Labute approximate surface area is 297 Å². The lowest BCUT2D eigenvalue weighted by atomic mass is 10.00. The van der Waals surface area contributed by atoms with E-state index >= 15 is 0 Å². The summed E-state index contributed by atoms with van der Waals surface area (Å²) in [7, 11) is 0. The van der Waals surface area contributed by atoms with Crippen LogP contribution in [0.5, 0.6) is 0 Å². The van der Waals surface area contributed by atoms with Gasteiger partial charge in [0.15, 0.2) is 17.5 Å². The van der Waals surface area contributed by atoms with E-state index in [-0.39, 0.29) is 0 Å². The van der Waals surface area contributed by atoms with Crippen molar-refractivity contribution in [2.75, 3.05) is 0 Å². The van der Waals surface area contributed by atoms with Crippen molar-refractivity contribution in [2.45, 2.75) is 0 Å². The van der Waals surface area contributed by atoms with E-state index in [0.29, 0.717) is 17.5 Å². The molecule has 3 heterocycles. The Morgan fingerprint density at radius 2 is 0.865 bits per heavy atom. The number of nitrogens with zero attached hydrogens (tertiary/aromatic N) is 3. The zero-order valence-electron chi connectivity index (χ0n) is 27.7. The molecule has 5 nitrogen and oxygen atoms in total. The van der Waals surface area contributed by atoms with Gasteiger partial charge in [0.05, 0.1) is 0 Å². The molecule has 11 aromatic rings. The van der Waals surface area contributed by atoms with E-state index in [1.807, 2.05) is 54.6 Å². The second-order valence-electron chi connectivity index (χ2n) is 13.2. The van der Waals surface area contributed by atoms with Crippen molar-refractivity contribution in [1.82, 2.24) is 15.0 Å². The van der Waals surface area contributed by atoms with Crippen LogP contribution in [0.4, 0.5) is 0 Å². The van der Waals surface area contributed by atoms with Gasteiger partial charge < -0.3 is 8.83 Å². The van der Waals surface area contributed by atoms with Gasteiger partial charge in [-0.25, -0.2) is 15.0 Å². The highest BCUT2D eigenvalue weighted by Crippen LogP contribution is 2.39. The zero-order chi connectivity index (χ0) is 34.2. The maximum atomic E-state index is 6.56. The van der Waals surface area contributed by atoms with Crippen LogP contribution in [-0.2, 0) is 0 Å². The van der Waals surface area contributed by atoms with Crippen LogP contribution in [-0.4, -0.2) is 15.0 Å². The fourth-order valence-electron chi connectivity index (χ4n) is 7.55. The second-order valence-corrected chi connectivity index (χ2v) is 13.2. The van der Waals surface area contributed by atoms with E-state index in [9.17, 15) is 0 Å². The molecule has 0 fully saturated rings. The first-order valence-corrected chi connectivity index (χ1v) is 17.3. The van der Waals surface area contributed by atoms with Crippen LogP contribution >= 0.6 is 0 Å². The van der Waals surface area contributed by atoms with Gasteiger partial charge in [0, 0.05) is 43.8 Å². The number of benzene rings is 8. The highest BCUT2D eigenvalue weighted by atomic mass is 16.3. The van der Waals surface area contributed by atoms with Crippen LogP contribution < -0.4 is 0 Å². The smallest absolute Gasteiger partial charge is 0.164 e. The predicted octanol–water partition coefficient (Wildman–Crippen LogP) is 12.6. The van der Waals surface area contributed by atoms with Crippen molar-refractivity contribution in [3.63, 3.8) is 0 Å². The Bertz CT molecular complexity index is 3190. The average molecular weight is 666 g/mol. The molecular formula is C47H27N3O2. The number of rotatable bonds is 4. The van der Waals surface area contributed by atoms with Crippen LogP contribution in [0.1, 0.15) is 0 Å². The monoisotopic (exact) mass is 665 g/mol. The normalized spacial score (nSPS) is 11.8. The maximum absolute atomic E-state index is 6.56. The van der Waals surface area contributed by atoms with E-state index in [0.717, 1.165) is 71.7 Å². The van der Waals surface area contributed by atoms with Gasteiger partial charge in [0.2, 0.25) is 0 Å². The topological polar surface area (TPSA) is 65.0 Å². The largest absolute Gasteiger partial charge is 0.456 e. The average Bonchev–Trinajstić information content (AvgIpc) is 3.78. The Hall–Kier alpha value is -7.11. The lowest BCUT2D eigenvalue weighted by molar-refractivity contribution is 0.668. The summed E-state index contributed by atoms with van der Waals surface area (Å²) in [6, 6.07) is 56.4. The van der Waals surface area contributed by atoms with Crippen LogP contribution in [0.15, 0.2) is 173 Å². The Balaban J connectivity index is 1.05. The fraction of sp³-hybridized carbons (Fsp3) is 0. The summed E-state index contributed by atoms with van der Waals surface area (Å²) in [4.78, 5) is 15.1. The van der Waals surface area contributed by atoms with Gasteiger partial charge >= 0.3 is 0 Å². The number of furan rings is 2. The number of hydrogen-bond donors (Lipinski definition) is 0. The Kier molecular flexibility index (Phi) is 6.18. The molecule has 0 aliphatic carbocycles. The third-order valence-corrected chi connectivity index (χ3v) is 10.1.